The quantitative estimate of drug-likeness (QED) is 0.546. The number of nitrogens with zero attached hydrogens (tertiary/aromatic N) is 8. The van der Waals surface area contributed by atoms with Gasteiger partial charge in [-0.15, -0.1) is 5.10 Å². The summed E-state index contributed by atoms with van der Waals surface area (Å²) in [5.74, 6) is 1.26. The first-order chi connectivity index (χ1) is 17.8. The third kappa shape index (κ3) is 4.12. The van der Waals surface area contributed by atoms with E-state index in [1.807, 2.05) is 26.8 Å². The second-order valence-electron chi connectivity index (χ2n) is 10.4. The van der Waals surface area contributed by atoms with Gasteiger partial charge in [-0.05, 0) is 58.1 Å². The van der Waals surface area contributed by atoms with E-state index in [-0.39, 0.29) is 41.4 Å². The Labute approximate surface area is 213 Å². The van der Waals surface area contributed by atoms with Crippen molar-refractivity contribution < 1.29 is 9.59 Å². The molecule has 1 saturated heterocycles. The molecule has 11 nitrogen and oxygen atoms in total. The van der Waals surface area contributed by atoms with E-state index in [1.165, 1.54) is 0 Å². The van der Waals surface area contributed by atoms with Gasteiger partial charge in [0.2, 0.25) is 5.91 Å². The average Bonchev–Trinajstić information content (AvgIpc) is 3.32. The van der Waals surface area contributed by atoms with Crippen LogP contribution in [0.2, 0.25) is 0 Å². The zero-order chi connectivity index (χ0) is 25.8. The molecule has 0 radical (unpaired) electrons. The Kier molecular flexibility index (Phi) is 5.47. The zero-order valence-electron chi connectivity index (χ0n) is 20.9. The standard InChI is InChI=1S/C26H27N9O2/c1-13-4-5-16(9-27)23(29-13)17-6-19(7-17)31-25(36)22-12-35(33-32-22)15(3)21-10-28-24(14(2)30-21)34-11-18-8-20(18)26(34)37/h4-5,10,12,15,17-20H,6-8,11H2,1-3H3,(H,31,36)/t15-,17-,18+,19+,20+/m0/s1. The SMILES string of the molecule is Cc1ccc(C#N)c([C@H]2C[C@@H](NC(=O)c3cn([C@@H](C)c4cnc(N5C[C@H]6C[C@H]6C5=O)c(C)n4)nn3)C2)n1. The molecule has 3 aromatic heterocycles. The molecule has 1 N–H and O–H groups in total. The van der Waals surface area contributed by atoms with Crippen LogP contribution >= 0.6 is 0 Å². The van der Waals surface area contributed by atoms with Crippen molar-refractivity contribution in [3.8, 4) is 6.07 Å². The van der Waals surface area contributed by atoms with Gasteiger partial charge < -0.3 is 5.32 Å². The lowest BCUT2D eigenvalue weighted by Crippen LogP contribution is -2.43. The van der Waals surface area contributed by atoms with Gasteiger partial charge >= 0.3 is 0 Å². The van der Waals surface area contributed by atoms with E-state index >= 15 is 0 Å². The summed E-state index contributed by atoms with van der Waals surface area (Å²) in [4.78, 5) is 40.7. The third-order valence-electron chi connectivity index (χ3n) is 7.73. The lowest BCUT2D eigenvalue weighted by molar-refractivity contribution is -0.118. The number of nitriles is 1. The van der Waals surface area contributed by atoms with E-state index in [0.717, 1.165) is 37.2 Å². The number of rotatable bonds is 6. The maximum atomic E-state index is 12.8. The van der Waals surface area contributed by atoms with Gasteiger partial charge in [0.1, 0.15) is 6.07 Å². The van der Waals surface area contributed by atoms with Crippen molar-refractivity contribution in [2.24, 2.45) is 11.8 Å². The van der Waals surface area contributed by atoms with Gasteiger partial charge in [-0.25, -0.2) is 9.67 Å². The number of carbonyl (C=O) groups excluding carboxylic acids is 2. The highest BCUT2D eigenvalue weighted by Gasteiger charge is 2.53. The van der Waals surface area contributed by atoms with Crippen molar-refractivity contribution in [3.63, 3.8) is 0 Å². The first-order valence-electron chi connectivity index (χ1n) is 12.6. The molecular formula is C26H27N9O2. The summed E-state index contributed by atoms with van der Waals surface area (Å²) < 4.78 is 1.59. The van der Waals surface area contributed by atoms with Gasteiger partial charge in [0.15, 0.2) is 11.5 Å². The molecular weight excluding hydrogens is 470 g/mol. The maximum absolute atomic E-state index is 12.8. The number of anilines is 1. The van der Waals surface area contributed by atoms with E-state index in [2.05, 4.69) is 36.7 Å². The van der Waals surface area contributed by atoms with Crippen LogP contribution in [0.1, 0.15) is 77.0 Å². The van der Waals surface area contributed by atoms with Gasteiger partial charge in [-0.3, -0.25) is 24.5 Å². The minimum Gasteiger partial charge on any atom is -0.348 e. The van der Waals surface area contributed by atoms with Crippen molar-refractivity contribution in [3.05, 3.63) is 58.6 Å². The highest BCUT2D eigenvalue weighted by molar-refractivity contribution is 5.99. The molecule has 2 saturated carbocycles. The Morgan fingerprint density at radius 1 is 1.22 bits per heavy atom. The lowest BCUT2D eigenvalue weighted by atomic mass is 9.76. The lowest BCUT2D eigenvalue weighted by Gasteiger charge is -2.35. The number of fused-ring (bicyclic) bond motifs is 1. The first-order valence-corrected chi connectivity index (χ1v) is 12.6. The summed E-state index contributed by atoms with van der Waals surface area (Å²) in [6.07, 6.45) is 5.71. The largest absolute Gasteiger partial charge is 0.348 e. The van der Waals surface area contributed by atoms with Crippen LogP contribution in [0, 0.1) is 37.0 Å². The number of piperidine rings is 1. The second kappa shape index (κ2) is 8.73. The predicted octanol–water partition coefficient (Wildman–Crippen LogP) is 2.22. The van der Waals surface area contributed by atoms with Crippen LogP contribution in [0.25, 0.3) is 0 Å². The minimum atomic E-state index is -0.290. The molecule has 3 atom stereocenters. The predicted molar refractivity (Wildman–Crippen MR) is 131 cm³/mol. The molecule has 0 unspecified atom stereocenters. The van der Waals surface area contributed by atoms with Crippen molar-refractivity contribution >= 4 is 17.6 Å². The number of nitrogens with one attached hydrogen (secondary N) is 1. The minimum absolute atomic E-state index is 0.00526. The summed E-state index contributed by atoms with van der Waals surface area (Å²) in [6, 6.07) is 5.55. The van der Waals surface area contributed by atoms with Crippen LogP contribution in [-0.2, 0) is 4.79 Å². The molecule has 188 valence electrons. The summed E-state index contributed by atoms with van der Waals surface area (Å²) in [6.45, 7) is 6.39. The smallest absolute Gasteiger partial charge is 0.273 e. The second-order valence-corrected chi connectivity index (χ2v) is 10.4. The molecule has 0 bridgehead atoms. The van der Waals surface area contributed by atoms with E-state index in [9.17, 15) is 14.9 Å². The molecule has 37 heavy (non-hydrogen) atoms. The summed E-state index contributed by atoms with van der Waals surface area (Å²) >= 11 is 0. The Bertz CT molecular complexity index is 1450. The van der Waals surface area contributed by atoms with Crippen LogP contribution in [0.5, 0.6) is 0 Å². The molecule has 3 fully saturated rings. The van der Waals surface area contributed by atoms with Crippen LogP contribution in [-0.4, -0.2) is 54.3 Å². The normalized spacial score (nSPS) is 24.7. The van der Waals surface area contributed by atoms with Crippen molar-refractivity contribution in [1.29, 1.82) is 5.26 Å². The van der Waals surface area contributed by atoms with Crippen LogP contribution in [0.4, 0.5) is 5.82 Å². The Balaban J connectivity index is 1.08. The van der Waals surface area contributed by atoms with Crippen LogP contribution < -0.4 is 10.2 Å². The van der Waals surface area contributed by atoms with Gasteiger partial charge in [-0.1, -0.05) is 5.21 Å². The van der Waals surface area contributed by atoms with Crippen molar-refractivity contribution in [2.45, 2.75) is 58.0 Å². The maximum Gasteiger partial charge on any atom is 0.273 e. The fraction of sp³-hybridized carbons (Fsp3) is 0.462. The number of amides is 2. The number of carbonyl (C=O) groups is 2. The van der Waals surface area contributed by atoms with E-state index < -0.39 is 0 Å². The molecule has 2 amide bonds. The van der Waals surface area contributed by atoms with E-state index in [1.54, 1.807) is 28.0 Å². The summed E-state index contributed by atoms with van der Waals surface area (Å²) in [7, 11) is 0. The van der Waals surface area contributed by atoms with Gasteiger partial charge in [0.25, 0.3) is 5.91 Å². The van der Waals surface area contributed by atoms with E-state index in [4.69, 9.17) is 0 Å². The number of aryl methyl sites for hydroxylation is 2. The van der Waals surface area contributed by atoms with Crippen LogP contribution in [0.15, 0.2) is 24.5 Å². The Hall–Kier alpha value is -4.20. The van der Waals surface area contributed by atoms with Crippen molar-refractivity contribution in [2.75, 3.05) is 11.4 Å². The Morgan fingerprint density at radius 2 is 2.03 bits per heavy atom. The molecule has 2 aliphatic carbocycles. The summed E-state index contributed by atoms with van der Waals surface area (Å²) in [5, 5.41) is 20.6. The highest BCUT2D eigenvalue weighted by Crippen LogP contribution is 2.47. The average molecular weight is 498 g/mol. The monoisotopic (exact) mass is 497 g/mol. The number of hydrogen-bond acceptors (Lipinski definition) is 8. The highest BCUT2D eigenvalue weighted by atomic mass is 16.2. The zero-order valence-corrected chi connectivity index (χ0v) is 20.9. The molecule has 1 aliphatic heterocycles. The van der Waals surface area contributed by atoms with Crippen molar-refractivity contribution in [1.82, 2.24) is 35.3 Å². The number of hydrogen-bond donors (Lipinski definition) is 1. The third-order valence-corrected chi connectivity index (χ3v) is 7.73. The molecule has 0 aromatic carbocycles. The first kappa shape index (κ1) is 23.2. The Morgan fingerprint density at radius 3 is 2.73 bits per heavy atom. The topological polar surface area (TPSA) is 143 Å². The van der Waals surface area contributed by atoms with Crippen LogP contribution in [0.3, 0.4) is 0 Å². The molecule has 3 aliphatic rings. The molecule has 11 heteroatoms. The van der Waals surface area contributed by atoms with Gasteiger partial charge in [-0.2, -0.15) is 5.26 Å². The van der Waals surface area contributed by atoms with E-state index in [0.29, 0.717) is 28.7 Å². The molecule has 0 spiro atoms. The fourth-order valence-corrected chi connectivity index (χ4v) is 5.33. The molecule has 6 rings (SSSR count). The molecule has 3 aromatic rings. The fourth-order valence-electron chi connectivity index (χ4n) is 5.33. The number of aromatic nitrogens is 6. The van der Waals surface area contributed by atoms with Gasteiger partial charge in [0.05, 0.1) is 41.1 Å². The number of pyridine rings is 1. The molecule has 4 heterocycles. The van der Waals surface area contributed by atoms with Gasteiger partial charge in [0, 0.05) is 30.1 Å². The summed E-state index contributed by atoms with van der Waals surface area (Å²) in [5.41, 5.74) is 3.87.